The largest absolute Gasteiger partial charge is 0.480 e. The number of aromatic amines is 1. The van der Waals surface area contributed by atoms with Crippen LogP contribution in [0, 0.1) is 11.8 Å². The number of H-pyrrole nitrogens is 1. The monoisotopic (exact) mass is 811 g/mol. The number of nitrogens with two attached hydrogens (primary N) is 1. The molecule has 1 saturated heterocycles. The molecule has 0 aromatic carbocycles. The normalized spacial score (nSPS) is 23.3. The number of furan rings is 1. The number of hydrogen-bond donors (Lipinski definition) is 5. The molecule has 2 aromatic rings. The number of carbonyl (C=O) groups is 7. The molecule has 18 nitrogen and oxygen atoms in total. The molecule has 0 spiro atoms. The first-order valence-corrected chi connectivity index (χ1v) is 20.4. The van der Waals surface area contributed by atoms with Crippen LogP contribution in [0.15, 0.2) is 35.3 Å². The van der Waals surface area contributed by atoms with Gasteiger partial charge in [0.1, 0.15) is 36.5 Å². The summed E-state index contributed by atoms with van der Waals surface area (Å²) in [6, 6.07) is -1.74. The summed E-state index contributed by atoms with van der Waals surface area (Å²) in [5.41, 5.74) is 6.36. The molecule has 0 radical (unpaired) electrons. The summed E-state index contributed by atoms with van der Waals surface area (Å²) >= 11 is 0. The Labute approximate surface area is 339 Å². The number of carboxylic acid groups (broad SMARTS) is 1. The van der Waals surface area contributed by atoms with Crippen LogP contribution in [-0.4, -0.2) is 140 Å². The first kappa shape index (κ1) is 45.4. The smallest absolute Gasteiger partial charge is 0.326 e. The van der Waals surface area contributed by atoms with E-state index in [0.717, 1.165) is 32.1 Å². The van der Waals surface area contributed by atoms with Gasteiger partial charge in [-0.2, -0.15) is 0 Å². The number of aromatic nitrogens is 2. The predicted octanol–water partition coefficient (Wildman–Crippen LogP) is 1.27. The number of aliphatic carboxylic acids is 1. The molecule has 4 rings (SSSR count). The minimum Gasteiger partial charge on any atom is -0.480 e. The Balaban J connectivity index is 1.78. The maximum absolute atomic E-state index is 14.6. The third-order valence-corrected chi connectivity index (χ3v) is 10.8. The maximum Gasteiger partial charge on any atom is 0.326 e. The number of nitrogens with one attached hydrogen (secondary N) is 3. The van der Waals surface area contributed by atoms with Gasteiger partial charge in [0.2, 0.25) is 35.4 Å². The van der Waals surface area contributed by atoms with Crippen molar-refractivity contribution in [2.45, 2.75) is 116 Å². The van der Waals surface area contributed by atoms with E-state index in [1.54, 1.807) is 12.1 Å². The van der Waals surface area contributed by atoms with E-state index in [1.165, 1.54) is 52.2 Å². The minimum absolute atomic E-state index is 0.0500. The van der Waals surface area contributed by atoms with Crippen molar-refractivity contribution >= 4 is 41.4 Å². The molecular formula is C40H61N9O9. The van der Waals surface area contributed by atoms with Gasteiger partial charge in [0, 0.05) is 44.4 Å². The molecular weight excluding hydrogens is 750 g/mol. The fourth-order valence-electron chi connectivity index (χ4n) is 7.50. The van der Waals surface area contributed by atoms with Crippen LogP contribution in [0.2, 0.25) is 0 Å². The lowest BCUT2D eigenvalue weighted by Crippen LogP contribution is -2.58. The zero-order valence-corrected chi connectivity index (χ0v) is 34.2. The van der Waals surface area contributed by atoms with Gasteiger partial charge in [-0.25, -0.2) is 9.78 Å². The number of hydrogen-bond acceptors (Lipinski definition) is 10. The van der Waals surface area contributed by atoms with E-state index < -0.39 is 72.1 Å². The molecule has 4 atom stereocenters. The second-order valence-electron chi connectivity index (χ2n) is 15.9. The van der Waals surface area contributed by atoms with Crippen LogP contribution in [0.25, 0.3) is 0 Å². The van der Waals surface area contributed by atoms with Crippen molar-refractivity contribution in [3.8, 4) is 0 Å². The number of carbonyl (C=O) groups excluding carboxylic acids is 6. The van der Waals surface area contributed by atoms with Crippen molar-refractivity contribution in [1.82, 2.24) is 40.2 Å². The quantitative estimate of drug-likeness (QED) is 0.204. The SMILES string of the molecule is CC(C)CN1C(=O)CN(Cc2ccco2)C(=O)C(Cc2cnc[nH]2)NC(=O)[C@@H](C)N(CCCN)C(=O)CN(CC2CCCCC2)C(=O)CCC(C(=O)O)NC(=O)[C@H]1C. The Morgan fingerprint density at radius 2 is 1.60 bits per heavy atom. The summed E-state index contributed by atoms with van der Waals surface area (Å²) < 4.78 is 5.55. The Hall–Kier alpha value is -5.26. The van der Waals surface area contributed by atoms with E-state index in [2.05, 4.69) is 20.6 Å². The molecule has 2 aliphatic rings. The first-order valence-electron chi connectivity index (χ1n) is 20.4. The average Bonchev–Trinajstić information content (AvgIpc) is 3.92. The fourth-order valence-corrected chi connectivity index (χ4v) is 7.50. The molecule has 320 valence electrons. The van der Waals surface area contributed by atoms with Gasteiger partial charge in [-0.05, 0) is 70.0 Å². The zero-order valence-electron chi connectivity index (χ0n) is 34.2. The van der Waals surface area contributed by atoms with E-state index in [1.807, 2.05) is 13.8 Å². The van der Waals surface area contributed by atoms with Gasteiger partial charge in [0.05, 0.1) is 25.7 Å². The highest BCUT2D eigenvalue weighted by Crippen LogP contribution is 2.25. The molecule has 2 aromatic heterocycles. The van der Waals surface area contributed by atoms with Crippen molar-refractivity contribution in [2.24, 2.45) is 17.6 Å². The van der Waals surface area contributed by atoms with Crippen molar-refractivity contribution in [2.75, 3.05) is 39.3 Å². The van der Waals surface area contributed by atoms with Gasteiger partial charge in [0.15, 0.2) is 0 Å². The zero-order chi connectivity index (χ0) is 42.4. The van der Waals surface area contributed by atoms with Crippen LogP contribution in [-0.2, 0) is 46.5 Å². The van der Waals surface area contributed by atoms with Crippen molar-refractivity contribution in [1.29, 1.82) is 0 Å². The third-order valence-electron chi connectivity index (χ3n) is 10.8. The van der Waals surface area contributed by atoms with Crippen LogP contribution in [0.5, 0.6) is 0 Å². The van der Waals surface area contributed by atoms with Gasteiger partial charge in [-0.3, -0.25) is 28.8 Å². The van der Waals surface area contributed by atoms with E-state index in [9.17, 15) is 38.7 Å². The Bertz CT molecular complexity index is 1680. The third kappa shape index (κ3) is 13.1. The van der Waals surface area contributed by atoms with E-state index in [4.69, 9.17) is 10.2 Å². The molecule has 18 heteroatoms. The lowest BCUT2D eigenvalue weighted by Gasteiger charge is -2.35. The summed E-state index contributed by atoms with van der Waals surface area (Å²) in [6.45, 7) is 6.34. The summed E-state index contributed by atoms with van der Waals surface area (Å²) in [6.07, 6.45) is 8.90. The van der Waals surface area contributed by atoms with Crippen molar-refractivity contribution in [3.05, 3.63) is 42.4 Å². The van der Waals surface area contributed by atoms with Gasteiger partial charge >= 0.3 is 5.97 Å². The molecule has 58 heavy (non-hydrogen) atoms. The second kappa shape index (κ2) is 22.0. The molecule has 1 saturated carbocycles. The molecule has 6 amide bonds. The number of carboxylic acids is 1. The van der Waals surface area contributed by atoms with E-state index >= 15 is 0 Å². The summed E-state index contributed by atoms with van der Waals surface area (Å²) in [5, 5.41) is 15.5. The lowest BCUT2D eigenvalue weighted by molar-refractivity contribution is -0.149. The number of nitrogens with zero attached hydrogens (tertiary/aromatic N) is 5. The highest BCUT2D eigenvalue weighted by molar-refractivity contribution is 5.95. The number of rotatable bonds is 12. The Morgan fingerprint density at radius 3 is 2.22 bits per heavy atom. The molecule has 1 aliphatic carbocycles. The predicted molar refractivity (Wildman–Crippen MR) is 211 cm³/mol. The highest BCUT2D eigenvalue weighted by Gasteiger charge is 2.37. The fraction of sp³-hybridized carbons (Fsp3) is 0.650. The summed E-state index contributed by atoms with van der Waals surface area (Å²) in [5.74, 6) is -4.64. The van der Waals surface area contributed by atoms with Gasteiger partial charge in [-0.1, -0.05) is 33.1 Å². The lowest BCUT2D eigenvalue weighted by atomic mass is 9.89. The highest BCUT2D eigenvalue weighted by atomic mass is 16.4. The number of amides is 6. The molecule has 6 N–H and O–H groups in total. The van der Waals surface area contributed by atoms with Gasteiger partial charge in [0.25, 0.3) is 0 Å². The van der Waals surface area contributed by atoms with Crippen LogP contribution < -0.4 is 16.4 Å². The minimum atomic E-state index is -1.47. The second-order valence-corrected chi connectivity index (χ2v) is 15.9. The van der Waals surface area contributed by atoms with Crippen LogP contribution >= 0.6 is 0 Å². The topological polar surface area (TPSA) is 245 Å². The van der Waals surface area contributed by atoms with Crippen molar-refractivity contribution < 1.29 is 43.1 Å². The first-order chi connectivity index (χ1) is 27.7. The van der Waals surface area contributed by atoms with Crippen LogP contribution in [0.1, 0.15) is 90.5 Å². The molecule has 3 heterocycles. The standard InChI is InChI=1S/C40H61N9O9/c1-26(2)20-49-28(4)38(54)44-32(40(56)57)13-14-34(50)46(21-29-10-6-5-7-11-29)23-35(51)48(16-9-15-41)27(3)37(53)45-33(18-30-19-42-25-43-30)39(55)47(24-36(49)52)22-31-12-8-17-58-31/h8,12,17,19,25-29,32-33H,5-7,9-11,13-16,18,20-24,41H2,1-4H3,(H,42,43)(H,44,54)(H,45,53)(H,56,57)/t27-,28-,32?,33?/m1/s1. The number of imidazole rings is 1. The van der Waals surface area contributed by atoms with Crippen LogP contribution in [0.3, 0.4) is 0 Å². The van der Waals surface area contributed by atoms with Crippen LogP contribution in [0.4, 0.5) is 0 Å². The maximum atomic E-state index is 14.6. The summed E-state index contributed by atoms with van der Waals surface area (Å²) in [4.78, 5) is 110. The van der Waals surface area contributed by atoms with Gasteiger partial charge < -0.3 is 50.5 Å². The average molecular weight is 812 g/mol. The van der Waals surface area contributed by atoms with E-state index in [-0.39, 0.29) is 70.4 Å². The van der Waals surface area contributed by atoms with Gasteiger partial charge in [-0.15, -0.1) is 0 Å². The molecule has 2 fully saturated rings. The molecule has 1 aliphatic heterocycles. The summed E-state index contributed by atoms with van der Waals surface area (Å²) in [7, 11) is 0. The Morgan fingerprint density at radius 1 is 0.931 bits per heavy atom. The molecule has 2 unspecified atom stereocenters. The Kier molecular flexibility index (Phi) is 17.3. The molecule has 0 bridgehead atoms. The van der Waals surface area contributed by atoms with Crippen molar-refractivity contribution in [3.63, 3.8) is 0 Å². The van der Waals surface area contributed by atoms with E-state index in [0.29, 0.717) is 17.9 Å².